The van der Waals surface area contributed by atoms with Gasteiger partial charge in [-0.05, 0) is 31.1 Å². The van der Waals surface area contributed by atoms with Crippen LogP contribution in [0.15, 0.2) is 28.9 Å². The van der Waals surface area contributed by atoms with Crippen LogP contribution in [-0.4, -0.2) is 49.7 Å². The van der Waals surface area contributed by atoms with E-state index in [1.165, 1.54) is 13.2 Å². The molecule has 2 heterocycles. The van der Waals surface area contributed by atoms with E-state index in [9.17, 15) is 9.59 Å². The molecule has 0 bridgehead atoms. The molecular formula is C17H23NO5. The zero-order valence-electron chi connectivity index (χ0n) is 13.6. The van der Waals surface area contributed by atoms with E-state index in [0.717, 1.165) is 19.4 Å². The third-order valence-electron chi connectivity index (χ3n) is 3.79. The van der Waals surface area contributed by atoms with E-state index >= 15 is 0 Å². The molecule has 0 aromatic carbocycles. The molecule has 0 spiro atoms. The van der Waals surface area contributed by atoms with Crippen molar-refractivity contribution in [3.63, 3.8) is 0 Å². The van der Waals surface area contributed by atoms with Crippen LogP contribution in [0.5, 0.6) is 0 Å². The van der Waals surface area contributed by atoms with E-state index in [1.54, 1.807) is 36.3 Å². The van der Waals surface area contributed by atoms with Crippen molar-refractivity contribution in [1.29, 1.82) is 0 Å². The first-order chi connectivity index (χ1) is 11.1. The van der Waals surface area contributed by atoms with Crippen LogP contribution in [0.2, 0.25) is 0 Å². The molecule has 1 aliphatic heterocycles. The van der Waals surface area contributed by atoms with Crippen molar-refractivity contribution in [3.8, 4) is 0 Å². The van der Waals surface area contributed by atoms with Crippen LogP contribution in [0.1, 0.15) is 25.5 Å². The number of nitrogens with zero attached hydrogens (tertiary/aromatic N) is 1. The molecule has 1 aliphatic rings. The minimum absolute atomic E-state index is 0.0285. The molecule has 6 heteroatoms. The molecule has 6 nitrogen and oxygen atoms in total. The number of carbonyl (C=O) groups excluding carboxylic acids is 2. The molecule has 2 rings (SSSR count). The fraction of sp³-hybridized carbons (Fsp3) is 0.529. The van der Waals surface area contributed by atoms with Gasteiger partial charge in [-0.2, -0.15) is 0 Å². The van der Waals surface area contributed by atoms with Crippen molar-refractivity contribution >= 4 is 18.0 Å². The molecule has 0 N–H and O–H groups in total. The minimum Gasteiger partial charge on any atom is -0.469 e. The van der Waals surface area contributed by atoms with Gasteiger partial charge in [0.25, 0.3) is 0 Å². The lowest BCUT2D eigenvalue weighted by molar-refractivity contribution is -0.146. The second kappa shape index (κ2) is 8.53. The van der Waals surface area contributed by atoms with Gasteiger partial charge in [-0.15, -0.1) is 0 Å². The predicted molar refractivity (Wildman–Crippen MR) is 84.5 cm³/mol. The molecule has 2 atom stereocenters. The molecule has 2 unspecified atom stereocenters. The average Bonchev–Trinajstić information content (AvgIpc) is 3.24. The molecule has 0 saturated carbocycles. The number of ether oxygens (including phenoxy) is 2. The maximum absolute atomic E-state index is 12.5. The quantitative estimate of drug-likeness (QED) is 0.568. The van der Waals surface area contributed by atoms with E-state index in [0.29, 0.717) is 18.8 Å². The van der Waals surface area contributed by atoms with E-state index in [1.807, 2.05) is 0 Å². The maximum atomic E-state index is 12.5. The lowest BCUT2D eigenvalue weighted by Gasteiger charge is -2.26. The maximum Gasteiger partial charge on any atom is 0.310 e. The lowest BCUT2D eigenvalue weighted by Crippen LogP contribution is -2.40. The molecular weight excluding hydrogens is 298 g/mol. The van der Waals surface area contributed by atoms with Crippen molar-refractivity contribution in [2.24, 2.45) is 5.92 Å². The van der Waals surface area contributed by atoms with Crippen LogP contribution in [0, 0.1) is 5.92 Å². The van der Waals surface area contributed by atoms with Crippen molar-refractivity contribution in [3.05, 3.63) is 30.2 Å². The van der Waals surface area contributed by atoms with Gasteiger partial charge in [-0.3, -0.25) is 9.59 Å². The molecule has 1 amide bonds. The molecule has 1 fully saturated rings. The first-order valence-electron chi connectivity index (χ1n) is 7.80. The van der Waals surface area contributed by atoms with Gasteiger partial charge in [0, 0.05) is 25.8 Å². The van der Waals surface area contributed by atoms with Gasteiger partial charge in [0.1, 0.15) is 5.76 Å². The molecule has 126 valence electrons. The van der Waals surface area contributed by atoms with Gasteiger partial charge >= 0.3 is 5.97 Å². The number of furan rings is 1. The zero-order chi connectivity index (χ0) is 16.7. The number of esters is 1. The van der Waals surface area contributed by atoms with Crippen LogP contribution < -0.4 is 0 Å². The highest BCUT2D eigenvalue weighted by atomic mass is 16.5. The zero-order valence-corrected chi connectivity index (χ0v) is 13.6. The molecule has 0 aliphatic carbocycles. The normalized spacial score (nSPS) is 19.0. The third-order valence-corrected chi connectivity index (χ3v) is 3.79. The molecule has 1 aromatic rings. The van der Waals surface area contributed by atoms with Crippen molar-refractivity contribution < 1.29 is 23.5 Å². The van der Waals surface area contributed by atoms with Crippen LogP contribution in [-0.2, 0) is 19.1 Å². The van der Waals surface area contributed by atoms with Gasteiger partial charge in [0.15, 0.2) is 0 Å². The summed E-state index contributed by atoms with van der Waals surface area (Å²) in [5, 5.41) is 0. The summed E-state index contributed by atoms with van der Waals surface area (Å²) < 4.78 is 15.5. The Morgan fingerprint density at radius 2 is 2.35 bits per heavy atom. The fourth-order valence-corrected chi connectivity index (χ4v) is 2.54. The smallest absolute Gasteiger partial charge is 0.310 e. The summed E-state index contributed by atoms with van der Waals surface area (Å²) in [5.74, 6) is -0.281. The number of amides is 1. The first kappa shape index (κ1) is 17.3. The summed E-state index contributed by atoms with van der Waals surface area (Å²) in [7, 11) is 1.35. The lowest BCUT2D eigenvalue weighted by atomic mass is 10.1. The largest absolute Gasteiger partial charge is 0.469 e. The van der Waals surface area contributed by atoms with Gasteiger partial charge in [-0.1, -0.05) is 6.92 Å². The number of rotatable bonds is 7. The van der Waals surface area contributed by atoms with Gasteiger partial charge in [0.2, 0.25) is 5.91 Å². The minimum atomic E-state index is -0.387. The Morgan fingerprint density at radius 1 is 1.52 bits per heavy atom. The highest BCUT2D eigenvalue weighted by molar-refractivity contribution is 5.91. The summed E-state index contributed by atoms with van der Waals surface area (Å²) in [5.41, 5.74) is 0. The van der Waals surface area contributed by atoms with E-state index < -0.39 is 0 Å². The Hall–Kier alpha value is -2.08. The van der Waals surface area contributed by atoms with Crippen LogP contribution in [0.4, 0.5) is 0 Å². The summed E-state index contributed by atoms with van der Waals surface area (Å²) in [6.07, 6.45) is 6.58. The second-order valence-electron chi connectivity index (χ2n) is 5.65. The second-order valence-corrected chi connectivity index (χ2v) is 5.65. The average molecular weight is 321 g/mol. The van der Waals surface area contributed by atoms with Gasteiger partial charge in [-0.25, -0.2) is 0 Å². The van der Waals surface area contributed by atoms with Crippen LogP contribution >= 0.6 is 0 Å². The summed E-state index contributed by atoms with van der Waals surface area (Å²) in [6.45, 7) is 3.25. The summed E-state index contributed by atoms with van der Waals surface area (Å²) >= 11 is 0. The standard InChI is InChI=1S/C17H23NO5/c1-13(17(20)21-2)11-18(12-15-6-4-10-23-15)16(19)8-7-14-5-3-9-22-14/h3,5,7-9,13,15H,4,6,10-12H2,1-2H3/b8-7+. The van der Waals surface area contributed by atoms with Crippen molar-refractivity contribution in [1.82, 2.24) is 4.90 Å². The Labute approximate surface area is 136 Å². The Morgan fingerprint density at radius 3 is 2.96 bits per heavy atom. The predicted octanol–water partition coefficient (Wildman–Crippen LogP) is 2.11. The fourth-order valence-electron chi connectivity index (χ4n) is 2.54. The summed E-state index contributed by atoms with van der Waals surface area (Å²) in [6, 6.07) is 3.53. The highest BCUT2D eigenvalue weighted by Crippen LogP contribution is 2.15. The Balaban J connectivity index is 2.01. The van der Waals surface area contributed by atoms with Crippen LogP contribution in [0.3, 0.4) is 0 Å². The number of hydrogen-bond donors (Lipinski definition) is 0. The Bertz CT molecular complexity index is 531. The first-order valence-corrected chi connectivity index (χ1v) is 7.80. The number of methoxy groups -OCH3 is 1. The van der Waals surface area contributed by atoms with Gasteiger partial charge < -0.3 is 18.8 Å². The molecule has 23 heavy (non-hydrogen) atoms. The topological polar surface area (TPSA) is 69.0 Å². The third kappa shape index (κ3) is 5.25. The molecule has 1 aromatic heterocycles. The Kier molecular flexibility index (Phi) is 6.40. The highest BCUT2D eigenvalue weighted by Gasteiger charge is 2.25. The number of carbonyl (C=O) groups is 2. The van der Waals surface area contributed by atoms with Crippen molar-refractivity contribution in [2.75, 3.05) is 26.8 Å². The monoisotopic (exact) mass is 321 g/mol. The summed E-state index contributed by atoms with van der Waals surface area (Å²) in [4.78, 5) is 25.7. The van der Waals surface area contributed by atoms with Crippen molar-refractivity contribution in [2.45, 2.75) is 25.9 Å². The molecule has 0 radical (unpaired) electrons. The number of hydrogen-bond acceptors (Lipinski definition) is 5. The van der Waals surface area contributed by atoms with E-state index in [-0.39, 0.29) is 23.9 Å². The molecule has 1 saturated heterocycles. The van der Waals surface area contributed by atoms with E-state index in [4.69, 9.17) is 13.9 Å². The SMILES string of the molecule is COC(=O)C(C)CN(CC1CCCO1)C(=O)/C=C/c1ccco1. The van der Waals surface area contributed by atoms with Crippen LogP contribution in [0.25, 0.3) is 6.08 Å². The van der Waals surface area contributed by atoms with E-state index in [2.05, 4.69) is 0 Å². The van der Waals surface area contributed by atoms with Gasteiger partial charge in [0.05, 0.1) is 25.4 Å².